The first-order chi connectivity index (χ1) is 15.1. The Bertz CT molecular complexity index is 1040. The largest absolute Gasteiger partial charge is 0.357 e. The van der Waals surface area contributed by atoms with Crippen LogP contribution in [0.4, 0.5) is 5.69 Å². The summed E-state index contributed by atoms with van der Waals surface area (Å²) in [6, 6.07) is 14.1. The Morgan fingerprint density at radius 3 is 2.19 bits per heavy atom. The van der Waals surface area contributed by atoms with Crippen LogP contribution in [-0.4, -0.2) is 51.0 Å². The number of nitrogens with zero attached hydrogens (tertiary/aromatic N) is 2. The number of aryl methyl sites for hydroxylation is 2. The number of para-hydroxylation sites is 1. The first kappa shape index (κ1) is 25.4. The summed E-state index contributed by atoms with van der Waals surface area (Å²) >= 11 is 0. The normalized spacial score (nSPS) is 12.2. The predicted molar refractivity (Wildman–Crippen MR) is 128 cm³/mol. The summed E-state index contributed by atoms with van der Waals surface area (Å²) in [6.07, 6.45) is 2.12. The molecule has 0 aliphatic heterocycles. The fourth-order valence-corrected chi connectivity index (χ4v) is 4.50. The Labute approximate surface area is 191 Å². The van der Waals surface area contributed by atoms with E-state index >= 15 is 0 Å². The molecule has 0 aliphatic carbocycles. The summed E-state index contributed by atoms with van der Waals surface area (Å²) in [5.74, 6) is -0.717. The molecule has 2 aromatic carbocycles. The van der Waals surface area contributed by atoms with E-state index in [0.29, 0.717) is 18.5 Å². The van der Waals surface area contributed by atoms with E-state index in [1.54, 1.807) is 12.1 Å². The second-order valence-corrected chi connectivity index (χ2v) is 9.70. The standard InChI is InChI=1S/C24H33N3O4S/c1-6-20-10-8-9-11-22(20)27(32(5,30)31)17-23(28)26(21(7-2)24(29)25-4)16-19-14-12-18(3)13-15-19/h8-15,21H,6-7,16-17H2,1-5H3,(H,25,29)/t21-/m0/s1. The Kier molecular flexibility index (Phi) is 8.83. The van der Waals surface area contributed by atoms with Gasteiger partial charge in [-0.05, 0) is 37.0 Å². The minimum Gasteiger partial charge on any atom is -0.357 e. The maximum atomic E-state index is 13.5. The molecule has 0 aromatic heterocycles. The minimum atomic E-state index is -3.73. The quantitative estimate of drug-likeness (QED) is 0.592. The van der Waals surface area contributed by atoms with Gasteiger partial charge in [0.2, 0.25) is 21.8 Å². The number of anilines is 1. The zero-order chi connectivity index (χ0) is 23.9. The van der Waals surface area contributed by atoms with Gasteiger partial charge in [0.05, 0.1) is 11.9 Å². The Morgan fingerprint density at radius 1 is 1.03 bits per heavy atom. The van der Waals surface area contributed by atoms with Crippen LogP contribution in [0.15, 0.2) is 48.5 Å². The van der Waals surface area contributed by atoms with E-state index in [1.165, 1.54) is 11.9 Å². The van der Waals surface area contributed by atoms with E-state index < -0.39 is 22.0 Å². The number of benzene rings is 2. The number of nitrogens with one attached hydrogen (secondary N) is 1. The van der Waals surface area contributed by atoms with Crippen molar-refractivity contribution in [3.63, 3.8) is 0 Å². The number of rotatable bonds is 10. The molecule has 32 heavy (non-hydrogen) atoms. The van der Waals surface area contributed by atoms with Gasteiger partial charge in [0.1, 0.15) is 12.6 Å². The lowest BCUT2D eigenvalue weighted by atomic mass is 10.1. The highest BCUT2D eigenvalue weighted by atomic mass is 32.2. The van der Waals surface area contributed by atoms with Crippen LogP contribution in [0.1, 0.15) is 37.0 Å². The summed E-state index contributed by atoms with van der Waals surface area (Å²) in [4.78, 5) is 27.5. The van der Waals surface area contributed by atoms with Crippen LogP contribution in [0.5, 0.6) is 0 Å². The highest BCUT2D eigenvalue weighted by molar-refractivity contribution is 7.92. The highest BCUT2D eigenvalue weighted by Gasteiger charge is 2.31. The Hall–Kier alpha value is -2.87. The van der Waals surface area contributed by atoms with Gasteiger partial charge in [0, 0.05) is 13.6 Å². The van der Waals surface area contributed by atoms with Gasteiger partial charge in [-0.15, -0.1) is 0 Å². The molecule has 2 aromatic rings. The molecule has 0 spiro atoms. The highest BCUT2D eigenvalue weighted by Crippen LogP contribution is 2.24. The van der Waals surface area contributed by atoms with Crippen molar-refractivity contribution in [3.8, 4) is 0 Å². The summed E-state index contributed by atoms with van der Waals surface area (Å²) < 4.78 is 26.5. The molecule has 0 saturated carbocycles. The first-order valence-corrected chi connectivity index (χ1v) is 12.6. The lowest BCUT2D eigenvalue weighted by molar-refractivity contribution is -0.140. The SMILES string of the molecule is CCc1ccccc1N(CC(=O)N(Cc1ccc(C)cc1)[C@@H](CC)C(=O)NC)S(C)(=O)=O. The lowest BCUT2D eigenvalue weighted by Gasteiger charge is -2.33. The third kappa shape index (κ3) is 6.32. The molecule has 0 fully saturated rings. The molecule has 0 unspecified atom stereocenters. The van der Waals surface area contributed by atoms with Crippen LogP contribution in [0.3, 0.4) is 0 Å². The van der Waals surface area contributed by atoms with Gasteiger partial charge in [-0.25, -0.2) is 8.42 Å². The van der Waals surface area contributed by atoms with Crippen molar-refractivity contribution >= 4 is 27.5 Å². The molecule has 7 nitrogen and oxygen atoms in total. The van der Waals surface area contributed by atoms with Crippen LogP contribution in [-0.2, 0) is 32.6 Å². The van der Waals surface area contributed by atoms with Gasteiger partial charge in [-0.1, -0.05) is 61.9 Å². The molecule has 0 heterocycles. The van der Waals surface area contributed by atoms with Crippen molar-refractivity contribution < 1.29 is 18.0 Å². The first-order valence-electron chi connectivity index (χ1n) is 10.7. The molecular formula is C24H33N3O4S. The Balaban J connectivity index is 2.45. The van der Waals surface area contributed by atoms with E-state index in [4.69, 9.17) is 0 Å². The molecule has 2 amide bonds. The summed E-state index contributed by atoms with van der Waals surface area (Å²) in [7, 11) is -2.20. The van der Waals surface area contributed by atoms with E-state index in [9.17, 15) is 18.0 Å². The minimum absolute atomic E-state index is 0.206. The van der Waals surface area contributed by atoms with E-state index in [0.717, 1.165) is 27.3 Å². The number of hydrogen-bond donors (Lipinski definition) is 1. The third-order valence-electron chi connectivity index (χ3n) is 5.43. The fourth-order valence-electron chi connectivity index (χ4n) is 3.62. The van der Waals surface area contributed by atoms with Crippen molar-refractivity contribution in [2.45, 2.75) is 46.2 Å². The summed E-state index contributed by atoms with van der Waals surface area (Å²) in [6.45, 7) is 5.56. The molecule has 0 aliphatic rings. The van der Waals surface area contributed by atoms with Gasteiger partial charge < -0.3 is 10.2 Å². The zero-order valence-corrected chi connectivity index (χ0v) is 20.3. The molecule has 1 N–H and O–H groups in total. The van der Waals surface area contributed by atoms with Crippen LogP contribution in [0.25, 0.3) is 0 Å². The third-order valence-corrected chi connectivity index (χ3v) is 6.55. The van der Waals surface area contributed by atoms with Crippen molar-refractivity contribution in [1.29, 1.82) is 0 Å². The maximum absolute atomic E-state index is 13.5. The molecule has 1 atom stereocenters. The van der Waals surface area contributed by atoms with Gasteiger partial charge >= 0.3 is 0 Å². The molecule has 0 bridgehead atoms. The zero-order valence-electron chi connectivity index (χ0n) is 19.5. The second-order valence-electron chi connectivity index (χ2n) is 7.80. The van der Waals surface area contributed by atoms with Crippen molar-refractivity contribution in [3.05, 3.63) is 65.2 Å². The average Bonchev–Trinajstić information content (AvgIpc) is 2.77. The molecule has 0 saturated heterocycles. The predicted octanol–water partition coefficient (Wildman–Crippen LogP) is 2.88. The fraction of sp³-hybridized carbons (Fsp3) is 0.417. The van der Waals surface area contributed by atoms with Gasteiger partial charge in [0.15, 0.2) is 0 Å². The van der Waals surface area contributed by atoms with E-state index in [-0.39, 0.29) is 19.0 Å². The van der Waals surface area contributed by atoms with Crippen LogP contribution in [0, 0.1) is 6.92 Å². The topological polar surface area (TPSA) is 86.8 Å². The van der Waals surface area contributed by atoms with Gasteiger partial charge in [-0.3, -0.25) is 13.9 Å². The number of carbonyl (C=O) groups is 2. The summed E-state index contributed by atoms with van der Waals surface area (Å²) in [5.41, 5.74) is 3.26. The number of carbonyl (C=O) groups excluding carboxylic acids is 2. The molecule has 0 radical (unpaired) electrons. The maximum Gasteiger partial charge on any atom is 0.244 e. The van der Waals surface area contributed by atoms with E-state index in [1.807, 2.05) is 57.2 Å². The smallest absolute Gasteiger partial charge is 0.244 e. The average molecular weight is 460 g/mol. The number of likely N-dealkylation sites (N-methyl/N-ethyl adjacent to an activating group) is 1. The van der Waals surface area contributed by atoms with Crippen LogP contribution >= 0.6 is 0 Å². The molecule has 2 rings (SSSR count). The van der Waals surface area contributed by atoms with E-state index in [2.05, 4.69) is 5.32 Å². The van der Waals surface area contributed by atoms with Crippen molar-refractivity contribution in [1.82, 2.24) is 10.2 Å². The van der Waals surface area contributed by atoms with Crippen LogP contribution < -0.4 is 9.62 Å². The lowest BCUT2D eigenvalue weighted by Crippen LogP contribution is -2.51. The number of sulfonamides is 1. The number of hydrogen-bond acceptors (Lipinski definition) is 4. The van der Waals surface area contributed by atoms with Gasteiger partial charge in [0.25, 0.3) is 0 Å². The summed E-state index contributed by atoms with van der Waals surface area (Å²) in [5, 5.41) is 2.62. The van der Waals surface area contributed by atoms with Gasteiger partial charge in [-0.2, -0.15) is 0 Å². The Morgan fingerprint density at radius 2 is 1.66 bits per heavy atom. The van der Waals surface area contributed by atoms with Crippen molar-refractivity contribution in [2.24, 2.45) is 0 Å². The monoisotopic (exact) mass is 459 g/mol. The molecule has 174 valence electrons. The second kappa shape index (κ2) is 11.1. The molecule has 8 heteroatoms. The van der Waals surface area contributed by atoms with Crippen molar-refractivity contribution in [2.75, 3.05) is 24.2 Å². The van der Waals surface area contributed by atoms with Crippen LogP contribution in [0.2, 0.25) is 0 Å². The molecular weight excluding hydrogens is 426 g/mol. The number of amides is 2.